The van der Waals surface area contributed by atoms with Crippen molar-refractivity contribution in [2.45, 2.75) is 12.6 Å². The van der Waals surface area contributed by atoms with Crippen molar-refractivity contribution in [1.29, 1.82) is 0 Å². The monoisotopic (exact) mass is 240 g/mol. The Morgan fingerprint density at radius 1 is 1.41 bits per heavy atom. The third-order valence-corrected chi connectivity index (χ3v) is 2.48. The summed E-state index contributed by atoms with van der Waals surface area (Å²) in [6.45, 7) is 0.490. The SMILES string of the molecule is COc1cc(CN(C)C)cc([C@H](N)CO)c1O. The van der Waals surface area contributed by atoms with Crippen LogP contribution in [0.3, 0.4) is 0 Å². The highest BCUT2D eigenvalue weighted by Crippen LogP contribution is 2.34. The topological polar surface area (TPSA) is 79.0 Å². The fourth-order valence-electron chi connectivity index (χ4n) is 1.68. The Hall–Kier alpha value is -1.30. The molecule has 0 radical (unpaired) electrons. The van der Waals surface area contributed by atoms with Crippen molar-refractivity contribution < 1.29 is 14.9 Å². The normalized spacial score (nSPS) is 12.8. The highest BCUT2D eigenvalue weighted by Gasteiger charge is 2.16. The number of hydrogen-bond donors (Lipinski definition) is 3. The van der Waals surface area contributed by atoms with Gasteiger partial charge < -0.3 is 25.6 Å². The molecule has 1 atom stereocenters. The lowest BCUT2D eigenvalue weighted by molar-refractivity contribution is 0.264. The van der Waals surface area contributed by atoms with Crippen LogP contribution in [-0.2, 0) is 6.54 Å². The summed E-state index contributed by atoms with van der Waals surface area (Å²) in [7, 11) is 5.39. The van der Waals surface area contributed by atoms with Crippen LogP contribution in [0.1, 0.15) is 17.2 Å². The van der Waals surface area contributed by atoms with Crippen LogP contribution >= 0.6 is 0 Å². The van der Waals surface area contributed by atoms with E-state index in [1.807, 2.05) is 19.0 Å². The Kier molecular flexibility index (Phi) is 4.74. The molecule has 5 heteroatoms. The number of aliphatic hydroxyl groups excluding tert-OH is 1. The van der Waals surface area contributed by atoms with Crippen LogP contribution in [0.25, 0.3) is 0 Å². The molecule has 0 aliphatic rings. The zero-order valence-corrected chi connectivity index (χ0v) is 10.5. The summed E-state index contributed by atoms with van der Waals surface area (Å²) in [6, 6.07) is 2.95. The molecule has 0 unspecified atom stereocenters. The molecule has 5 nitrogen and oxygen atoms in total. The number of ether oxygens (including phenoxy) is 1. The summed E-state index contributed by atoms with van der Waals surface area (Å²) in [4.78, 5) is 2.00. The Labute approximate surface area is 101 Å². The number of aliphatic hydroxyl groups is 1. The quantitative estimate of drug-likeness (QED) is 0.696. The molecular weight excluding hydrogens is 220 g/mol. The van der Waals surface area contributed by atoms with E-state index in [4.69, 9.17) is 15.6 Å². The van der Waals surface area contributed by atoms with Crippen LogP contribution in [0.4, 0.5) is 0 Å². The number of nitrogens with two attached hydrogens (primary N) is 1. The molecular formula is C12H20N2O3. The number of rotatable bonds is 5. The summed E-state index contributed by atoms with van der Waals surface area (Å²) in [6.07, 6.45) is 0. The van der Waals surface area contributed by atoms with Crippen molar-refractivity contribution in [3.05, 3.63) is 23.3 Å². The van der Waals surface area contributed by atoms with Crippen molar-refractivity contribution in [3.63, 3.8) is 0 Å². The lowest BCUT2D eigenvalue weighted by Gasteiger charge is -2.17. The first-order valence-electron chi connectivity index (χ1n) is 5.40. The van der Waals surface area contributed by atoms with Gasteiger partial charge in [-0.05, 0) is 31.8 Å². The second-order valence-electron chi connectivity index (χ2n) is 4.26. The van der Waals surface area contributed by atoms with Gasteiger partial charge in [-0.15, -0.1) is 0 Å². The van der Waals surface area contributed by atoms with Crippen molar-refractivity contribution in [2.24, 2.45) is 5.73 Å². The summed E-state index contributed by atoms with van der Waals surface area (Å²) < 4.78 is 5.10. The largest absolute Gasteiger partial charge is 0.504 e. The van der Waals surface area contributed by atoms with Crippen LogP contribution in [0.15, 0.2) is 12.1 Å². The minimum absolute atomic E-state index is 0.00319. The standard InChI is InChI=1S/C12H20N2O3/c1-14(2)6-8-4-9(10(13)7-15)12(16)11(5-8)17-3/h4-5,10,15-16H,6-7,13H2,1-3H3/t10-/m1/s1. The fourth-order valence-corrected chi connectivity index (χ4v) is 1.68. The third-order valence-electron chi connectivity index (χ3n) is 2.48. The Bertz CT molecular complexity index is 380. The minimum atomic E-state index is -0.606. The molecule has 0 aliphatic carbocycles. The second-order valence-corrected chi connectivity index (χ2v) is 4.26. The Morgan fingerprint density at radius 2 is 2.06 bits per heavy atom. The van der Waals surface area contributed by atoms with Gasteiger partial charge in [0.2, 0.25) is 0 Å². The molecule has 0 spiro atoms. The average molecular weight is 240 g/mol. The van der Waals surface area contributed by atoms with Gasteiger partial charge in [-0.2, -0.15) is 0 Å². The highest BCUT2D eigenvalue weighted by atomic mass is 16.5. The zero-order valence-electron chi connectivity index (χ0n) is 10.5. The van der Waals surface area contributed by atoms with E-state index in [0.29, 0.717) is 17.9 Å². The molecule has 1 aromatic rings. The van der Waals surface area contributed by atoms with E-state index < -0.39 is 6.04 Å². The molecule has 4 N–H and O–H groups in total. The molecule has 0 saturated carbocycles. The lowest BCUT2D eigenvalue weighted by atomic mass is 10.0. The van der Waals surface area contributed by atoms with E-state index in [1.165, 1.54) is 7.11 Å². The molecule has 0 bridgehead atoms. The van der Waals surface area contributed by atoms with Crippen LogP contribution < -0.4 is 10.5 Å². The molecule has 0 aliphatic heterocycles. The summed E-state index contributed by atoms with van der Waals surface area (Å²) in [5, 5.41) is 19.0. The maximum atomic E-state index is 9.92. The summed E-state index contributed by atoms with van der Waals surface area (Å²) in [5.41, 5.74) is 7.22. The molecule has 0 amide bonds. The average Bonchev–Trinajstić information content (AvgIpc) is 2.29. The zero-order chi connectivity index (χ0) is 13.0. The van der Waals surface area contributed by atoms with E-state index >= 15 is 0 Å². The predicted molar refractivity (Wildman–Crippen MR) is 66.1 cm³/mol. The molecule has 0 aromatic heterocycles. The Morgan fingerprint density at radius 3 is 2.53 bits per heavy atom. The van der Waals surface area contributed by atoms with Crippen LogP contribution in [0.2, 0.25) is 0 Å². The maximum Gasteiger partial charge on any atom is 0.162 e. The first kappa shape index (κ1) is 13.8. The fraction of sp³-hybridized carbons (Fsp3) is 0.500. The van der Waals surface area contributed by atoms with Gasteiger partial charge in [-0.1, -0.05) is 0 Å². The number of methoxy groups -OCH3 is 1. The molecule has 17 heavy (non-hydrogen) atoms. The van der Waals surface area contributed by atoms with E-state index in [-0.39, 0.29) is 12.4 Å². The Balaban J connectivity index is 3.18. The van der Waals surface area contributed by atoms with E-state index in [9.17, 15) is 5.11 Å². The van der Waals surface area contributed by atoms with Crippen molar-refractivity contribution >= 4 is 0 Å². The number of phenolic OH excluding ortho intramolecular Hbond substituents is 1. The molecule has 0 fully saturated rings. The van der Waals surface area contributed by atoms with Crippen LogP contribution in [0, 0.1) is 0 Å². The maximum absolute atomic E-state index is 9.92. The predicted octanol–water partition coefficient (Wildman–Crippen LogP) is 0.454. The highest BCUT2D eigenvalue weighted by molar-refractivity contribution is 5.49. The molecule has 96 valence electrons. The van der Waals surface area contributed by atoms with Crippen molar-refractivity contribution in [3.8, 4) is 11.5 Å². The molecule has 0 heterocycles. The molecule has 1 aromatic carbocycles. The van der Waals surface area contributed by atoms with Crippen molar-refractivity contribution in [2.75, 3.05) is 27.8 Å². The van der Waals surface area contributed by atoms with Gasteiger partial charge in [0.15, 0.2) is 11.5 Å². The second kappa shape index (κ2) is 5.86. The first-order chi connectivity index (χ1) is 7.99. The number of benzene rings is 1. The van der Waals surface area contributed by atoms with Gasteiger partial charge in [-0.3, -0.25) is 0 Å². The lowest BCUT2D eigenvalue weighted by Crippen LogP contribution is -2.16. The van der Waals surface area contributed by atoms with Gasteiger partial charge in [-0.25, -0.2) is 0 Å². The van der Waals surface area contributed by atoms with E-state index in [2.05, 4.69) is 0 Å². The minimum Gasteiger partial charge on any atom is -0.504 e. The van der Waals surface area contributed by atoms with Crippen LogP contribution in [-0.4, -0.2) is 42.9 Å². The third kappa shape index (κ3) is 3.33. The summed E-state index contributed by atoms with van der Waals surface area (Å²) >= 11 is 0. The first-order valence-corrected chi connectivity index (χ1v) is 5.40. The van der Waals surface area contributed by atoms with Crippen molar-refractivity contribution in [1.82, 2.24) is 4.90 Å². The van der Waals surface area contributed by atoms with Gasteiger partial charge in [0.05, 0.1) is 19.8 Å². The number of hydrogen-bond acceptors (Lipinski definition) is 5. The summed E-state index contributed by atoms with van der Waals surface area (Å²) in [5.74, 6) is 0.375. The number of phenols is 1. The van der Waals surface area contributed by atoms with Gasteiger partial charge in [0.1, 0.15) is 0 Å². The molecule has 1 rings (SSSR count). The van der Waals surface area contributed by atoms with E-state index in [1.54, 1.807) is 12.1 Å². The number of aromatic hydroxyl groups is 1. The van der Waals surface area contributed by atoms with Gasteiger partial charge >= 0.3 is 0 Å². The molecule has 0 saturated heterocycles. The van der Waals surface area contributed by atoms with Gasteiger partial charge in [0, 0.05) is 12.1 Å². The van der Waals surface area contributed by atoms with Crippen LogP contribution in [0.5, 0.6) is 11.5 Å². The smallest absolute Gasteiger partial charge is 0.162 e. The van der Waals surface area contributed by atoms with Gasteiger partial charge in [0.25, 0.3) is 0 Å². The van der Waals surface area contributed by atoms with E-state index in [0.717, 1.165) is 5.56 Å². The number of nitrogens with zero attached hydrogens (tertiary/aromatic N) is 1.